The van der Waals surface area contributed by atoms with Crippen molar-refractivity contribution in [2.75, 3.05) is 25.2 Å². The second kappa shape index (κ2) is 11.9. The van der Waals surface area contributed by atoms with Crippen LogP contribution in [-0.4, -0.2) is 37.4 Å². The molecule has 2 atom stereocenters. The first kappa shape index (κ1) is 27.1. The average Bonchev–Trinajstić information content (AvgIpc) is 2.82. The van der Waals surface area contributed by atoms with E-state index in [-0.39, 0.29) is 5.92 Å². The lowest BCUT2D eigenvalue weighted by atomic mass is 9.87. The van der Waals surface area contributed by atoms with E-state index >= 15 is 0 Å². The van der Waals surface area contributed by atoms with E-state index < -0.39 is 23.6 Å². The number of hydrogen-bond acceptors (Lipinski definition) is 3. The molecule has 1 saturated heterocycles. The van der Waals surface area contributed by atoms with Crippen LogP contribution in [0.4, 0.5) is 18.9 Å². The van der Waals surface area contributed by atoms with Crippen LogP contribution in [0, 0.1) is 5.92 Å². The molecule has 4 nitrogen and oxygen atoms in total. The van der Waals surface area contributed by atoms with Crippen molar-refractivity contribution in [2.24, 2.45) is 5.92 Å². The van der Waals surface area contributed by atoms with Gasteiger partial charge >= 0.3 is 12.1 Å². The second-order valence-corrected chi connectivity index (χ2v) is 9.89. The summed E-state index contributed by atoms with van der Waals surface area (Å²) >= 11 is 0. The molecule has 192 valence electrons. The third-order valence-electron chi connectivity index (χ3n) is 6.74. The van der Waals surface area contributed by atoms with Gasteiger partial charge in [0.05, 0.1) is 11.5 Å². The monoisotopic (exact) mass is 491 g/mol. The molecule has 0 aromatic heterocycles. The molecule has 1 unspecified atom stereocenters. The van der Waals surface area contributed by atoms with E-state index in [1.165, 1.54) is 12.1 Å². The van der Waals surface area contributed by atoms with Gasteiger partial charge in [-0.1, -0.05) is 32.0 Å². The maximum absolute atomic E-state index is 13.1. The summed E-state index contributed by atoms with van der Waals surface area (Å²) in [6.45, 7) is 5.55. The fourth-order valence-corrected chi connectivity index (χ4v) is 4.97. The molecule has 2 aromatic carbocycles. The molecule has 1 fully saturated rings. The third-order valence-corrected chi connectivity index (χ3v) is 6.74. The topological polar surface area (TPSA) is 49.8 Å². The molecule has 0 amide bonds. The SMILES string of the molecule is COCCC[C@H]1CCCCN1c1cc(-c2ccc(C(F)(F)F)cc2)cc(C(CC(C)C)C(=O)O)c1. The van der Waals surface area contributed by atoms with Crippen LogP contribution in [0.15, 0.2) is 42.5 Å². The van der Waals surface area contributed by atoms with Crippen LogP contribution in [0.1, 0.15) is 69.4 Å². The van der Waals surface area contributed by atoms with Gasteiger partial charge in [0, 0.05) is 32.0 Å². The van der Waals surface area contributed by atoms with Crippen LogP contribution in [0.2, 0.25) is 0 Å². The smallest absolute Gasteiger partial charge is 0.416 e. The van der Waals surface area contributed by atoms with Gasteiger partial charge in [0.25, 0.3) is 0 Å². The number of aliphatic carboxylic acids is 1. The molecule has 1 N–H and O–H groups in total. The summed E-state index contributed by atoms with van der Waals surface area (Å²) in [5.74, 6) is -1.38. The van der Waals surface area contributed by atoms with Crippen molar-refractivity contribution < 1.29 is 27.8 Å². The lowest BCUT2D eigenvalue weighted by molar-refractivity contribution is -0.139. The summed E-state index contributed by atoms with van der Waals surface area (Å²) in [7, 11) is 1.69. The van der Waals surface area contributed by atoms with Crippen molar-refractivity contribution in [3.8, 4) is 11.1 Å². The number of ether oxygens (including phenoxy) is 1. The van der Waals surface area contributed by atoms with Gasteiger partial charge in [0.1, 0.15) is 0 Å². The highest BCUT2D eigenvalue weighted by atomic mass is 19.4. The Morgan fingerprint density at radius 1 is 1.11 bits per heavy atom. The van der Waals surface area contributed by atoms with Crippen LogP contribution in [0.25, 0.3) is 11.1 Å². The zero-order valence-corrected chi connectivity index (χ0v) is 20.8. The Bertz CT molecular complexity index is 972. The zero-order chi connectivity index (χ0) is 25.6. The quantitative estimate of drug-likeness (QED) is 0.353. The van der Waals surface area contributed by atoms with Crippen molar-refractivity contribution >= 4 is 11.7 Å². The van der Waals surface area contributed by atoms with Crippen molar-refractivity contribution in [3.63, 3.8) is 0 Å². The van der Waals surface area contributed by atoms with Gasteiger partial charge in [-0.3, -0.25) is 4.79 Å². The molecule has 35 heavy (non-hydrogen) atoms. The fraction of sp³-hybridized carbons (Fsp3) is 0.536. The molecular formula is C28H36F3NO3. The molecule has 3 rings (SSSR count). The van der Waals surface area contributed by atoms with Gasteiger partial charge in [-0.2, -0.15) is 13.2 Å². The van der Waals surface area contributed by atoms with Gasteiger partial charge in [0.2, 0.25) is 0 Å². The minimum absolute atomic E-state index is 0.186. The van der Waals surface area contributed by atoms with E-state index in [4.69, 9.17) is 4.74 Å². The fourth-order valence-electron chi connectivity index (χ4n) is 4.97. The van der Waals surface area contributed by atoms with E-state index in [9.17, 15) is 23.1 Å². The lowest BCUT2D eigenvalue weighted by Gasteiger charge is -2.38. The molecule has 7 heteroatoms. The first-order chi connectivity index (χ1) is 16.6. The highest BCUT2D eigenvalue weighted by Gasteiger charge is 2.30. The Hall–Kier alpha value is -2.54. The second-order valence-electron chi connectivity index (χ2n) is 9.89. The minimum atomic E-state index is -4.40. The van der Waals surface area contributed by atoms with Crippen LogP contribution >= 0.6 is 0 Å². The normalized spacial score (nSPS) is 17.6. The number of nitrogens with zero attached hydrogens (tertiary/aromatic N) is 1. The Morgan fingerprint density at radius 2 is 1.83 bits per heavy atom. The van der Waals surface area contributed by atoms with Crippen LogP contribution < -0.4 is 4.90 Å². The summed E-state index contributed by atoms with van der Waals surface area (Å²) in [4.78, 5) is 14.6. The number of rotatable bonds is 10. The van der Waals surface area contributed by atoms with Crippen LogP contribution in [0.3, 0.4) is 0 Å². The Kier molecular flexibility index (Phi) is 9.22. The molecule has 1 aliphatic heterocycles. The first-order valence-corrected chi connectivity index (χ1v) is 12.4. The maximum Gasteiger partial charge on any atom is 0.416 e. The van der Waals surface area contributed by atoms with E-state index in [1.54, 1.807) is 7.11 Å². The lowest BCUT2D eigenvalue weighted by Crippen LogP contribution is -2.39. The summed E-state index contributed by atoms with van der Waals surface area (Å²) in [5, 5.41) is 10.0. The first-order valence-electron chi connectivity index (χ1n) is 12.4. The number of halogens is 3. The molecule has 0 aliphatic carbocycles. The van der Waals surface area contributed by atoms with Crippen LogP contribution in [0.5, 0.6) is 0 Å². The van der Waals surface area contributed by atoms with Crippen molar-refractivity contribution in [2.45, 2.75) is 70.5 Å². The van der Waals surface area contributed by atoms with E-state index in [0.29, 0.717) is 30.2 Å². The predicted molar refractivity (Wildman–Crippen MR) is 133 cm³/mol. The Labute approximate surface area is 206 Å². The Morgan fingerprint density at radius 3 is 2.43 bits per heavy atom. The van der Waals surface area contributed by atoms with Gasteiger partial charge in [-0.05, 0) is 85.4 Å². The number of hydrogen-bond donors (Lipinski definition) is 1. The van der Waals surface area contributed by atoms with Gasteiger partial charge in [-0.25, -0.2) is 0 Å². The zero-order valence-electron chi connectivity index (χ0n) is 20.8. The van der Waals surface area contributed by atoms with Gasteiger partial charge in [-0.15, -0.1) is 0 Å². The molecule has 0 saturated carbocycles. The highest BCUT2D eigenvalue weighted by molar-refractivity contribution is 5.79. The van der Waals surface area contributed by atoms with Crippen molar-refractivity contribution in [1.29, 1.82) is 0 Å². The summed E-state index contributed by atoms with van der Waals surface area (Å²) < 4.78 is 44.5. The summed E-state index contributed by atoms with van der Waals surface area (Å²) in [6, 6.07) is 11.2. The standard InChI is InChI=1S/C28H36F3NO3/c1-19(2)15-26(27(33)34)22-16-21(20-9-11-23(12-10-20)28(29,30)31)17-25(18-22)32-13-5-4-7-24(32)8-6-14-35-3/h9-12,16-19,24,26H,4-8,13-15H2,1-3H3,(H,33,34)/t24-,26?/m1/s1. The molecule has 1 aliphatic rings. The number of carboxylic acids is 1. The van der Waals surface area contributed by atoms with Gasteiger partial charge in [0.15, 0.2) is 0 Å². The molecule has 0 radical (unpaired) electrons. The number of carboxylic acid groups (broad SMARTS) is 1. The molecule has 0 spiro atoms. The molecule has 2 aromatic rings. The highest BCUT2D eigenvalue weighted by Crippen LogP contribution is 2.37. The maximum atomic E-state index is 13.1. The Balaban J connectivity index is 2.06. The van der Waals surface area contributed by atoms with Crippen molar-refractivity contribution in [1.82, 2.24) is 0 Å². The summed E-state index contributed by atoms with van der Waals surface area (Å²) in [5.41, 5.74) is 2.31. The number of alkyl halides is 3. The average molecular weight is 492 g/mol. The molecule has 0 bridgehead atoms. The van der Waals surface area contributed by atoms with E-state index in [2.05, 4.69) is 4.90 Å². The van der Waals surface area contributed by atoms with Gasteiger partial charge < -0.3 is 14.7 Å². The largest absolute Gasteiger partial charge is 0.481 e. The number of carbonyl (C=O) groups is 1. The molecule has 1 heterocycles. The molecular weight excluding hydrogens is 455 g/mol. The number of anilines is 1. The van der Waals surface area contributed by atoms with E-state index in [0.717, 1.165) is 62.0 Å². The predicted octanol–water partition coefficient (Wildman–Crippen LogP) is 7.37. The minimum Gasteiger partial charge on any atom is -0.481 e. The number of piperidine rings is 1. The van der Waals surface area contributed by atoms with E-state index in [1.807, 2.05) is 32.0 Å². The third kappa shape index (κ3) is 7.23. The number of benzene rings is 2. The summed E-state index contributed by atoms with van der Waals surface area (Å²) in [6.07, 6.45) is 1.25. The van der Waals surface area contributed by atoms with Crippen LogP contribution in [-0.2, 0) is 15.7 Å². The van der Waals surface area contributed by atoms with Crippen molar-refractivity contribution in [3.05, 3.63) is 53.6 Å². The number of methoxy groups -OCH3 is 1.